The van der Waals surface area contributed by atoms with Gasteiger partial charge in [0.1, 0.15) is 17.5 Å². The lowest BCUT2D eigenvalue weighted by atomic mass is 10.2. The van der Waals surface area contributed by atoms with E-state index in [1.54, 1.807) is 31.4 Å². The van der Waals surface area contributed by atoms with Crippen LogP contribution in [0, 0.1) is 12.7 Å². The Hall–Kier alpha value is -3.00. The van der Waals surface area contributed by atoms with Gasteiger partial charge in [0.2, 0.25) is 0 Å². The standard InChI is InChI=1S/C18H21FN6O/c1-12-10-16(24-23-12)20-15-11-17(25(2)8-9-26-3)22-18(21-15)13-6-4-5-7-14(13)19/h4-7,10-11H,8-9H2,1-3H3,(H2,20,21,22,23,24). The molecule has 26 heavy (non-hydrogen) atoms. The van der Waals surface area contributed by atoms with Gasteiger partial charge >= 0.3 is 0 Å². The van der Waals surface area contributed by atoms with E-state index in [2.05, 4.69) is 25.5 Å². The Morgan fingerprint density at radius 2 is 2.00 bits per heavy atom. The van der Waals surface area contributed by atoms with E-state index >= 15 is 0 Å². The van der Waals surface area contributed by atoms with Crippen molar-refractivity contribution in [2.75, 3.05) is 37.5 Å². The number of likely N-dealkylation sites (N-methyl/N-ethyl adjacent to an activating group) is 1. The molecule has 2 aromatic heterocycles. The number of methoxy groups -OCH3 is 1. The first-order chi connectivity index (χ1) is 12.6. The van der Waals surface area contributed by atoms with Crippen molar-refractivity contribution in [2.45, 2.75) is 6.92 Å². The van der Waals surface area contributed by atoms with E-state index < -0.39 is 0 Å². The van der Waals surface area contributed by atoms with Crippen LogP contribution in [-0.4, -0.2) is 47.5 Å². The van der Waals surface area contributed by atoms with Crippen molar-refractivity contribution in [2.24, 2.45) is 0 Å². The molecule has 0 atom stereocenters. The summed E-state index contributed by atoms with van der Waals surface area (Å²) in [5.41, 5.74) is 1.27. The minimum atomic E-state index is -0.370. The number of hydrogen-bond donors (Lipinski definition) is 2. The highest BCUT2D eigenvalue weighted by Crippen LogP contribution is 2.25. The Bertz CT molecular complexity index is 882. The number of anilines is 3. The van der Waals surface area contributed by atoms with Crippen LogP contribution in [-0.2, 0) is 4.74 Å². The number of nitrogens with one attached hydrogen (secondary N) is 2. The van der Waals surface area contributed by atoms with Gasteiger partial charge in [-0.1, -0.05) is 12.1 Å². The Balaban J connectivity index is 2.00. The molecule has 0 aliphatic heterocycles. The molecular weight excluding hydrogens is 335 g/mol. The second-order valence-corrected chi connectivity index (χ2v) is 5.89. The molecule has 3 rings (SSSR count). The van der Waals surface area contributed by atoms with E-state index in [1.807, 2.05) is 24.9 Å². The zero-order valence-corrected chi connectivity index (χ0v) is 15.0. The maximum absolute atomic E-state index is 14.2. The molecule has 7 nitrogen and oxygen atoms in total. The van der Waals surface area contributed by atoms with E-state index in [0.717, 1.165) is 5.69 Å². The summed E-state index contributed by atoms with van der Waals surface area (Å²) in [4.78, 5) is 10.9. The lowest BCUT2D eigenvalue weighted by Crippen LogP contribution is -2.23. The SMILES string of the molecule is COCCN(C)c1cc(Nc2cc(C)[nH]n2)nc(-c2ccccc2F)n1. The molecule has 0 spiro atoms. The molecule has 0 aliphatic rings. The third-order valence-electron chi connectivity index (χ3n) is 3.81. The number of halogens is 1. The van der Waals surface area contributed by atoms with Crippen molar-refractivity contribution in [1.82, 2.24) is 20.2 Å². The number of aromatic nitrogens is 4. The lowest BCUT2D eigenvalue weighted by Gasteiger charge is -2.19. The van der Waals surface area contributed by atoms with Crippen LogP contribution < -0.4 is 10.2 Å². The summed E-state index contributed by atoms with van der Waals surface area (Å²) in [6.07, 6.45) is 0. The minimum absolute atomic E-state index is 0.305. The fourth-order valence-electron chi connectivity index (χ4n) is 2.41. The topological polar surface area (TPSA) is 79.0 Å². The van der Waals surface area contributed by atoms with Crippen LogP contribution in [0.2, 0.25) is 0 Å². The molecule has 1 aromatic carbocycles. The van der Waals surface area contributed by atoms with Crippen LogP contribution in [0.3, 0.4) is 0 Å². The molecule has 0 unspecified atom stereocenters. The van der Waals surface area contributed by atoms with Crippen LogP contribution in [0.1, 0.15) is 5.69 Å². The summed E-state index contributed by atoms with van der Waals surface area (Å²) in [5.74, 6) is 1.76. The summed E-state index contributed by atoms with van der Waals surface area (Å²) < 4.78 is 19.3. The minimum Gasteiger partial charge on any atom is -0.383 e. The number of hydrogen-bond acceptors (Lipinski definition) is 6. The van der Waals surface area contributed by atoms with Crippen LogP contribution >= 0.6 is 0 Å². The van der Waals surface area contributed by atoms with Gasteiger partial charge in [0.25, 0.3) is 0 Å². The molecule has 8 heteroatoms. The first-order valence-corrected chi connectivity index (χ1v) is 8.20. The van der Waals surface area contributed by atoms with E-state index in [1.165, 1.54) is 6.07 Å². The van der Waals surface area contributed by atoms with Crippen LogP contribution in [0.5, 0.6) is 0 Å². The van der Waals surface area contributed by atoms with Gasteiger partial charge in [-0.3, -0.25) is 5.10 Å². The van der Waals surface area contributed by atoms with Gasteiger partial charge < -0.3 is 15.0 Å². The quantitative estimate of drug-likeness (QED) is 0.677. The lowest BCUT2D eigenvalue weighted by molar-refractivity contribution is 0.206. The normalized spacial score (nSPS) is 10.8. The average molecular weight is 356 g/mol. The third kappa shape index (κ3) is 4.15. The Morgan fingerprint density at radius 3 is 2.69 bits per heavy atom. The highest BCUT2D eigenvalue weighted by Gasteiger charge is 2.13. The van der Waals surface area contributed by atoms with E-state index in [-0.39, 0.29) is 5.82 Å². The van der Waals surface area contributed by atoms with E-state index in [0.29, 0.717) is 42.0 Å². The predicted octanol–water partition coefficient (Wildman–Crippen LogP) is 3.14. The van der Waals surface area contributed by atoms with Gasteiger partial charge in [0.05, 0.1) is 12.2 Å². The Morgan fingerprint density at radius 1 is 1.19 bits per heavy atom. The Kier molecular flexibility index (Phi) is 5.43. The Labute approximate surface area is 151 Å². The number of H-pyrrole nitrogens is 1. The summed E-state index contributed by atoms with van der Waals surface area (Å²) in [7, 11) is 3.54. The van der Waals surface area contributed by atoms with Crippen molar-refractivity contribution in [3.8, 4) is 11.4 Å². The summed E-state index contributed by atoms with van der Waals surface area (Å²) in [5, 5.41) is 10.1. The molecule has 0 saturated carbocycles. The van der Waals surface area contributed by atoms with Gasteiger partial charge in [-0.05, 0) is 19.1 Å². The maximum atomic E-state index is 14.2. The monoisotopic (exact) mass is 356 g/mol. The van der Waals surface area contributed by atoms with Gasteiger partial charge in [0.15, 0.2) is 11.6 Å². The van der Waals surface area contributed by atoms with E-state index in [9.17, 15) is 4.39 Å². The molecule has 3 aromatic rings. The van der Waals surface area contributed by atoms with Crippen molar-refractivity contribution in [1.29, 1.82) is 0 Å². The zero-order valence-electron chi connectivity index (χ0n) is 15.0. The molecule has 136 valence electrons. The van der Waals surface area contributed by atoms with Crippen LogP contribution in [0.4, 0.5) is 21.8 Å². The molecule has 0 fully saturated rings. The van der Waals surface area contributed by atoms with Crippen LogP contribution in [0.15, 0.2) is 36.4 Å². The molecule has 2 N–H and O–H groups in total. The third-order valence-corrected chi connectivity index (χ3v) is 3.81. The van der Waals surface area contributed by atoms with E-state index in [4.69, 9.17) is 4.74 Å². The molecule has 2 heterocycles. The molecule has 0 aliphatic carbocycles. The van der Waals surface area contributed by atoms with Crippen molar-refractivity contribution < 1.29 is 9.13 Å². The highest BCUT2D eigenvalue weighted by atomic mass is 19.1. The van der Waals surface area contributed by atoms with Crippen molar-refractivity contribution >= 4 is 17.5 Å². The average Bonchev–Trinajstić information content (AvgIpc) is 3.04. The molecule has 0 amide bonds. The molecular formula is C18H21FN6O. The fourth-order valence-corrected chi connectivity index (χ4v) is 2.41. The molecule has 0 radical (unpaired) electrons. The number of rotatable bonds is 7. The van der Waals surface area contributed by atoms with Crippen LogP contribution in [0.25, 0.3) is 11.4 Å². The summed E-state index contributed by atoms with van der Waals surface area (Å²) in [6.45, 7) is 3.11. The predicted molar refractivity (Wildman–Crippen MR) is 99.2 cm³/mol. The molecule has 0 bridgehead atoms. The van der Waals surface area contributed by atoms with Gasteiger partial charge in [0, 0.05) is 38.5 Å². The smallest absolute Gasteiger partial charge is 0.166 e. The number of aromatic amines is 1. The van der Waals surface area contributed by atoms with Crippen molar-refractivity contribution in [3.05, 3.63) is 47.9 Å². The second-order valence-electron chi connectivity index (χ2n) is 5.89. The summed E-state index contributed by atoms with van der Waals surface area (Å²) in [6, 6.07) is 10.1. The first kappa shape index (κ1) is 17.8. The second kappa shape index (κ2) is 7.92. The first-order valence-electron chi connectivity index (χ1n) is 8.20. The van der Waals surface area contributed by atoms with Gasteiger partial charge in [-0.25, -0.2) is 14.4 Å². The highest BCUT2D eigenvalue weighted by molar-refractivity contribution is 5.64. The zero-order chi connectivity index (χ0) is 18.5. The maximum Gasteiger partial charge on any atom is 0.166 e. The number of aryl methyl sites for hydroxylation is 1. The number of ether oxygens (including phenoxy) is 1. The van der Waals surface area contributed by atoms with Crippen molar-refractivity contribution in [3.63, 3.8) is 0 Å². The molecule has 0 saturated heterocycles. The van der Waals surface area contributed by atoms with Gasteiger partial charge in [-0.2, -0.15) is 5.10 Å². The largest absolute Gasteiger partial charge is 0.383 e. The van der Waals surface area contributed by atoms with Gasteiger partial charge in [-0.15, -0.1) is 0 Å². The number of benzene rings is 1. The fraction of sp³-hybridized carbons (Fsp3) is 0.278. The summed E-state index contributed by atoms with van der Waals surface area (Å²) >= 11 is 0. The number of nitrogens with zero attached hydrogens (tertiary/aromatic N) is 4.